The van der Waals surface area contributed by atoms with Gasteiger partial charge in [-0.05, 0) is 54.8 Å². The van der Waals surface area contributed by atoms with Crippen LogP contribution in [0.1, 0.15) is 17.5 Å². The van der Waals surface area contributed by atoms with Crippen LogP contribution in [0.15, 0.2) is 47.4 Å². The minimum absolute atomic E-state index is 0.148. The van der Waals surface area contributed by atoms with Crippen molar-refractivity contribution in [3.8, 4) is 0 Å². The van der Waals surface area contributed by atoms with Crippen molar-refractivity contribution in [3.63, 3.8) is 0 Å². The number of benzene rings is 2. The van der Waals surface area contributed by atoms with E-state index in [1.165, 1.54) is 16.4 Å². The van der Waals surface area contributed by atoms with Gasteiger partial charge in [0.05, 0.1) is 21.4 Å². The molecule has 1 heterocycles. The number of aliphatic carboxylic acids is 1. The van der Waals surface area contributed by atoms with Crippen LogP contribution < -0.4 is 0 Å². The summed E-state index contributed by atoms with van der Waals surface area (Å²) in [6, 6.07) is 11.8. The third-order valence-corrected chi connectivity index (χ3v) is 7.78. The number of piperazine rings is 1. The van der Waals surface area contributed by atoms with Crippen molar-refractivity contribution >= 4 is 39.2 Å². The van der Waals surface area contributed by atoms with Crippen molar-refractivity contribution in [1.82, 2.24) is 9.21 Å². The number of carbonyl (C=O) groups is 1. The van der Waals surface area contributed by atoms with Gasteiger partial charge >= 0.3 is 5.97 Å². The zero-order chi connectivity index (χ0) is 21.7. The normalized spacial score (nSPS) is 15.9. The molecule has 0 amide bonds. The third-order valence-electron chi connectivity index (χ3n) is 5.15. The van der Waals surface area contributed by atoms with Crippen molar-refractivity contribution in [3.05, 3.63) is 63.6 Å². The molecule has 9 heteroatoms. The molecule has 0 atom stereocenters. The molecule has 0 spiro atoms. The van der Waals surface area contributed by atoms with Gasteiger partial charge in [-0.15, -0.1) is 0 Å². The van der Waals surface area contributed by atoms with E-state index in [0.717, 1.165) is 24.9 Å². The van der Waals surface area contributed by atoms with Crippen molar-refractivity contribution < 1.29 is 18.3 Å². The third kappa shape index (κ3) is 5.95. The lowest BCUT2D eigenvalue weighted by molar-refractivity contribution is -0.136. The monoisotopic (exact) mass is 470 g/mol. The zero-order valence-electron chi connectivity index (χ0n) is 16.4. The summed E-state index contributed by atoms with van der Waals surface area (Å²) >= 11 is 12.0. The van der Waals surface area contributed by atoms with Crippen LogP contribution in [0.4, 0.5) is 0 Å². The number of rotatable bonds is 8. The predicted octanol–water partition coefficient (Wildman–Crippen LogP) is 3.56. The highest BCUT2D eigenvalue weighted by Crippen LogP contribution is 2.23. The van der Waals surface area contributed by atoms with Crippen LogP contribution in [-0.2, 0) is 27.7 Å². The number of hydrogen-bond acceptors (Lipinski definition) is 4. The van der Waals surface area contributed by atoms with Gasteiger partial charge in [0.15, 0.2) is 0 Å². The zero-order valence-corrected chi connectivity index (χ0v) is 18.8. The summed E-state index contributed by atoms with van der Waals surface area (Å²) in [5.41, 5.74) is 1.61. The molecular formula is C21H24Cl2N2O4S. The molecule has 1 aliphatic heterocycles. The summed E-state index contributed by atoms with van der Waals surface area (Å²) in [5, 5.41) is 10.0. The maximum Gasteiger partial charge on any atom is 0.307 e. The van der Waals surface area contributed by atoms with Gasteiger partial charge in [-0.1, -0.05) is 41.4 Å². The molecule has 0 bridgehead atoms. The molecule has 2 aromatic rings. The molecule has 1 N–H and O–H groups in total. The van der Waals surface area contributed by atoms with E-state index in [1.54, 1.807) is 18.2 Å². The quantitative estimate of drug-likeness (QED) is 0.637. The summed E-state index contributed by atoms with van der Waals surface area (Å²) in [6.45, 7) is 3.03. The average molecular weight is 471 g/mol. The van der Waals surface area contributed by atoms with Gasteiger partial charge in [-0.2, -0.15) is 4.31 Å². The average Bonchev–Trinajstić information content (AvgIpc) is 2.71. The van der Waals surface area contributed by atoms with Crippen molar-refractivity contribution in [2.45, 2.75) is 24.2 Å². The van der Waals surface area contributed by atoms with Gasteiger partial charge in [0, 0.05) is 26.2 Å². The number of hydrogen-bond donors (Lipinski definition) is 1. The van der Waals surface area contributed by atoms with Gasteiger partial charge in [0.1, 0.15) is 0 Å². The lowest BCUT2D eigenvalue weighted by atomic mass is 10.1. The summed E-state index contributed by atoms with van der Waals surface area (Å²) in [5.74, 6) is -0.987. The van der Waals surface area contributed by atoms with E-state index in [0.29, 0.717) is 41.8 Å². The Bertz CT molecular complexity index is 1010. The lowest BCUT2D eigenvalue weighted by Crippen LogP contribution is -2.48. The molecule has 162 valence electrons. The van der Waals surface area contributed by atoms with Gasteiger partial charge in [0.2, 0.25) is 10.0 Å². The maximum atomic E-state index is 12.9. The lowest BCUT2D eigenvalue weighted by Gasteiger charge is -2.34. The van der Waals surface area contributed by atoms with Crippen LogP contribution in [-0.4, -0.2) is 61.4 Å². The summed E-state index contributed by atoms with van der Waals surface area (Å²) in [7, 11) is -3.63. The highest BCUT2D eigenvalue weighted by atomic mass is 35.5. The van der Waals surface area contributed by atoms with Crippen molar-refractivity contribution in [2.75, 3.05) is 32.7 Å². The van der Waals surface area contributed by atoms with Crippen LogP contribution in [0, 0.1) is 0 Å². The SMILES string of the molecule is O=C(O)Cc1cccc(S(=O)(=O)N2CCN(CCCc3ccc(Cl)c(Cl)c3)CC2)c1. The topological polar surface area (TPSA) is 77.9 Å². The Morgan fingerprint density at radius 3 is 2.37 bits per heavy atom. The molecule has 0 unspecified atom stereocenters. The fraction of sp³-hybridized carbons (Fsp3) is 0.381. The Labute approximate surface area is 187 Å². The second kappa shape index (κ2) is 10.1. The number of aryl methyl sites for hydroxylation is 1. The van der Waals surface area contributed by atoms with Gasteiger partial charge in [-0.3, -0.25) is 4.79 Å². The first-order chi connectivity index (χ1) is 14.3. The Balaban J connectivity index is 1.52. The van der Waals surface area contributed by atoms with Gasteiger partial charge < -0.3 is 10.0 Å². The molecular weight excluding hydrogens is 447 g/mol. The minimum atomic E-state index is -3.63. The second-order valence-corrected chi connectivity index (χ2v) is 10.1. The molecule has 3 rings (SSSR count). The summed E-state index contributed by atoms with van der Waals surface area (Å²) in [4.78, 5) is 13.3. The van der Waals surface area contributed by atoms with Crippen molar-refractivity contribution in [2.24, 2.45) is 0 Å². The van der Waals surface area contributed by atoms with E-state index in [1.807, 2.05) is 12.1 Å². The molecule has 2 aromatic carbocycles. The van der Waals surface area contributed by atoms with Gasteiger partial charge in [0.25, 0.3) is 0 Å². The van der Waals surface area contributed by atoms with E-state index in [-0.39, 0.29) is 11.3 Å². The summed E-state index contributed by atoms with van der Waals surface area (Å²) in [6.07, 6.45) is 1.63. The van der Waals surface area contributed by atoms with Gasteiger partial charge in [-0.25, -0.2) is 8.42 Å². The van der Waals surface area contributed by atoms with E-state index in [9.17, 15) is 13.2 Å². The molecule has 6 nitrogen and oxygen atoms in total. The second-order valence-electron chi connectivity index (χ2n) is 7.32. The number of carboxylic acids is 1. The van der Waals surface area contributed by atoms with Crippen LogP contribution in [0.2, 0.25) is 10.0 Å². The Morgan fingerprint density at radius 2 is 1.70 bits per heavy atom. The molecule has 0 radical (unpaired) electrons. The first-order valence-corrected chi connectivity index (χ1v) is 11.9. The fourth-order valence-electron chi connectivity index (χ4n) is 3.54. The Morgan fingerprint density at radius 1 is 0.967 bits per heavy atom. The smallest absolute Gasteiger partial charge is 0.307 e. The van der Waals surface area contributed by atoms with Crippen molar-refractivity contribution in [1.29, 1.82) is 0 Å². The van der Waals surface area contributed by atoms with E-state index < -0.39 is 16.0 Å². The van der Waals surface area contributed by atoms with Crippen LogP contribution in [0.25, 0.3) is 0 Å². The van der Waals surface area contributed by atoms with E-state index >= 15 is 0 Å². The van der Waals surface area contributed by atoms with E-state index in [4.69, 9.17) is 28.3 Å². The fourth-order valence-corrected chi connectivity index (χ4v) is 5.35. The number of nitrogens with zero attached hydrogens (tertiary/aromatic N) is 2. The van der Waals surface area contributed by atoms with Crippen LogP contribution in [0.3, 0.4) is 0 Å². The highest BCUT2D eigenvalue weighted by molar-refractivity contribution is 7.89. The highest BCUT2D eigenvalue weighted by Gasteiger charge is 2.28. The molecule has 1 fully saturated rings. The van der Waals surface area contributed by atoms with E-state index in [2.05, 4.69) is 4.90 Å². The Hall–Kier alpha value is -1.64. The Kier molecular flexibility index (Phi) is 7.76. The van der Waals surface area contributed by atoms with Crippen LogP contribution in [0.5, 0.6) is 0 Å². The first-order valence-electron chi connectivity index (χ1n) is 9.73. The minimum Gasteiger partial charge on any atom is -0.481 e. The molecule has 0 aliphatic carbocycles. The number of carboxylic acid groups (broad SMARTS) is 1. The standard InChI is InChI=1S/C21H24Cl2N2O4S/c22-19-7-6-16(14-20(19)23)4-2-8-24-9-11-25(12-10-24)30(28,29)18-5-1-3-17(13-18)15-21(26)27/h1,3,5-7,13-14H,2,4,8-12,15H2,(H,26,27). The summed E-state index contributed by atoms with van der Waals surface area (Å²) < 4.78 is 27.3. The predicted molar refractivity (Wildman–Crippen MR) is 118 cm³/mol. The maximum absolute atomic E-state index is 12.9. The van der Waals surface area contributed by atoms with Crippen LogP contribution >= 0.6 is 23.2 Å². The number of halogens is 2. The first kappa shape index (κ1) is 23.0. The molecule has 30 heavy (non-hydrogen) atoms. The molecule has 1 saturated heterocycles. The molecule has 0 aromatic heterocycles. The molecule has 1 aliphatic rings. The largest absolute Gasteiger partial charge is 0.481 e. The number of sulfonamides is 1. The molecule has 0 saturated carbocycles.